The Morgan fingerprint density at radius 3 is 2.26 bits per heavy atom. The van der Waals surface area contributed by atoms with E-state index in [1.807, 2.05) is 30.6 Å². The molecule has 0 saturated carbocycles. The molecule has 23 heavy (non-hydrogen) atoms. The second-order valence-corrected chi connectivity index (χ2v) is 5.82. The Kier molecular flexibility index (Phi) is 9.17. The van der Waals surface area contributed by atoms with E-state index < -0.39 is 6.10 Å². The van der Waals surface area contributed by atoms with Crippen molar-refractivity contribution in [2.24, 2.45) is 5.92 Å². The highest BCUT2D eigenvalue weighted by atomic mass is 16.5. The van der Waals surface area contributed by atoms with Gasteiger partial charge in [-0.25, -0.2) is 0 Å². The van der Waals surface area contributed by atoms with Gasteiger partial charge in [0.25, 0.3) is 5.91 Å². The average Bonchev–Trinajstić information content (AvgIpc) is 2.59. The molecule has 0 aliphatic carbocycles. The van der Waals surface area contributed by atoms with Crippen LogP contribution in [0.25, 0.3) is 0 Å². The van der Waals surface area contributed by atoms with E-state index in [1.54, 1.807) is 6.92 Å². The summed E-state index contributed by atoms with van der Waals surface area (Å²) in [5.41, 5.74) is 0. The van der Waals surface area contributed by atoms with Crippen LogP contribution in [-0.4, -0.2) is 73.7 Å². The maximum absolute atomic E-state index is 12.4. The second-order valence-electron chi connectivity index (χ2n) is 5.82. The van der Waals surface area contributed by atoms with E-state index in [0.29, 0.717) is 32.9 Å². The van der Waals surface area contributed by atoms with Crippen LogP contribution in [0.15, 0.2) is 0 Å². The number of ether oxygens (including phenoxy) is 2. The van der Waals surface area contributed by atoms with Gasteiger partial charge >= 0.3 is 0 Å². The van der Waals surface area contributed by atoms with E-state index >= 15 is 0 Å². The van der Waals surface area contributed by atoms with E-state index in [-0.39, 0.29) is 17.7 Å². The van der Waals surface area contributed by atoms with Gasteiger partial charge < -0.3 is 19.3 Å². The molecule has 6 heteroatoms. The fourth-order valence-electron chi connectivity index (χ4n) is 2.90. The van der Waals surface area contributed by atoms with Crippen molar-refractivity contribution in [3.8, 4) is 0 Å². The van der Waals surface area contributed by atoms with Gasteiger partial charge in [-0.15, -0.1) is 0 Å². The summed E-state index contributed by atoms with van der Waals surface area (Å²) in [6.07, 6.45) is 1.03. The molecular formula is C17H32N2O4. The maximum Gasteiger partial charge on any atom is 0.251 e. The van der Waals surface area contributed by atoms with Crippen molar-refractivity contribution < 1.29 is 19.1 Å². The van der Waals surface area contributed by atoms with Crippen LogP contribution in [0.1, 0.15) is 40.5 Å². The van der Waals surface area contributed by atoms with Crippen molar-refractivity contribution in [2.75, 3.05) is 46.0 Å². The zero-order valence-electron chi connectivity index (χ0n) is 15.0. The Labute approximate surface area is 140 Å². The minimum absolute atomic E-state index is 0.00948. The van der Waals surface area contributed by atoms with Crippen molar-refractivity contribution in [2.45, 2.75) is 46.6 Å². The minimum atomic E-state index is -0.453. The molecule has 0 aromatic rings. The Balaban J connectivity index is 2.37. The van der Waals surface area contributed by atoms with Gasteiger partial charge in [-0.05, 0) is 40.5 Å². The first-order valence-corrected chi connectivity index (χ1v) is 8.81. The second kappa shape index (κ2) is 10.6. The highest BCUT2D eigenvalue weighted by molar-refractivity contribution is 5.82. The van der Waals surface area contributed by atoms with E-state index in [2.05, 4.69) is 0 Å². The van der Waals surface area contributed by atoms with Crippen LogP contribution in [0.5, 0.6) is 0 Å². The molecule has 1 fully saturated rings. The van der Waals surface area contributed by atoms with Gasteiger partial charge in [0, 0.05) is 38.7 Å². The summed E-state index contributed by atoms with van der Waals surface area (Å²) >= 11 is 0. The third kappa shape index (κ3) is 6.11. The van der Waals surface area contributed by atoms with Gasteiger partial charge in [0.05, 0.1) is 13.2 Å². The van der Waals surface area contributed by atoms with Crippen LogP contribution in [0.3, 0.4) is 0 Å². The Morgan fingerprint density at radius 2 is 1.74 bits per heavy atom. The van der Waals surface area contributed by atoms with Crippen LogP contribution < -0.4 is 0 Å². The van der Waals surface area contributed by atoms with E-state index in [0.717, 1.165) is 25.9 Å². The van der Waals surface area contributed by atoms with Gasteiger partial charge in [0.15, 0.2) is 0 Å². The fourth-order valence-corrected chi connectivity index (χ4v) is 2.90. The molecule has 0 aromatic heterocycles. The van der Waals surface area contributed by atoms with Crippen molar-refractivity contribution >= 4 is 11.8 Å². The van der Waals surface area contributed by atoms with Crippen molar-refractivity contribution in [1.29, 1.82) is 0 Å². The molecule has 0 radical (unpaired) electrons. The molecule has 0 N–H and O–H groups in total. The molecule has 1 aliphatic heterocycles. The number of hydrogen-bond acceptors (Lipinski definition) is 4. The maximum atomic E-state index is 12.4. The number of hydrogen-bond donors (Lipinski definition) is 0. The van der Waals surface area contributed by atoms with Gasteiger partial charge in [-0.1, -0.05) is 0 Å². The molecule has 134 valence electrons. The molecule has 0 bridgehead atoms. The monoisotopic (exact) mass is 328 g/mol. The van der Waals surface area contributed by atoms with Crippen molar-refractivity contribution in [1.82, 2.24) is 9.80 Å². The SMILES string of the molecule is CCOCCO[C@H](C)C(=O)N1CCC(C(=O)N(CC)CC)CC1. The van der Waals surface area contributed by atoms with Gasteiger partial charge in [0.1, 0.15) is 6.10 Å². The summed E-state index contributed by atoms with van der Waals surface area (Å²) in [7, 11) is 0. The average molecular weight is 328 g/mol. The Hall–Kier alpha value is -1.14. The number of nitrogens with zero attached hydrogens (tertiary/aromatic N) is 2. The number of rotatable bonds is 9. The molecule has 0 aromatic carbocycles. The fraction of sp³-hybridized carbons (Fsp3) is 0.882. The smallest absolute Gasteiger partial charge is 0.251 e. The predicted octanol–water partition coefficient (Wildman–Crippen LogP) is 1.53. The van der Waals surface area contributed by atoms with Crippen molar-refractivity contribution in [3.05, 3.63) is 0 Å². The van der Waals surface area contributed by atoms with E-state index in [4.69, 9.17) is 9.47 Å². The Bertz CT molecular complexity index is 364. The molecule has 1 aliphatic rings. The Morgan fingerprint density at radius 1 is 1.13 bits per heavy atom. The van der Waals surface area contributed by atoms with Gasteiger partial charge in [-0.2, -0.15) is 0 Å². The van der Waals surface area contributed by atoms with Crippen molar-refractivity contribution in [3.63, 3.8) is 0 Å². The van der Waals surface area contributed by atoms with Gasteiger partial charge in [-0.3, -0.25) is 9.59 Å². The summed E-state index contributed by atoms with van der Waals surface area (Å²) in [6.45, 7) is 12.1. The summed E-state index contributed by atoms with van der Waals surface area (Å²) in [5.74, 6) is 0.284. The first-order chi connectivity index (χ1) is 11.0. The predicted molar refractivity (Wildman–Crippen MR) is 89.1 cm³/mol. The molecule has 1 heterocycles. The topological polar surface area (TPSA) is 59.1 Å². The summed E-state index contributed by atoms with van der Waals surface area (Å²) < 4.78 is 10.7. The first-order valence-electron chi connectivity index (χ1n) is 8.81. The van der Waals surface area contributed by atoms with Gasteiger partial charge in [0.2, 0.25) is 5.91 Å². The minimum Gasteiger partial charge on any atom is -0.379 e. The highest BCUT2D eigenvalue weighted by Gasteiger charge is 2.31. The summed E-state index contributed by atoms with van der Waals surface area (Å²) in [6, 6.07) is 0. The quantitative estimate of drug-likeness (QED) is 0.602. The van der Waals surface area contributed by atoms with E-state index in [9.17, 15) is 9.59 Å². The van der Waals surface area contributed by atoms with Crippen LogP contribution in [-0.2, 0) is 19.1 Å². The molecule has 1 rings (SSSR count). The molecule has 1 saturated heterocycles. The number of likely N-dealkylation sites (tertiary alicyclic amines) is 1. The number of carbonyl (C=O) groups is 2. The summed E-state index contributed by atoms with van der Waals surface area (Å²) in [4.78, 5) is 28.4. The molecule has 1 atom stereocenters. The lowest BCUT2D eigenvalue weighted by Gasteiger charge is -2.34. The highest BCUT2D eigenvalue weighted by Crippen LogP contribution is 2.20. The lowest BCUT2D eigenvalue weighted by molar-refractivity contribution is -0.147. The zero-order valence-corrected chi connectivity index (χ0v) is 15.0. The third-order valence-corrected chi connectivity index (χ3v) is 4.38. The first kappa shape index (κ1) is 19.9. The normalized spacial score (nSPS) is 17.1. The zero-order chi connectivity index (χ0) is 17.2. The molecule has 2 amide bonds. The largest absolute Gasteiger partial charge is 0.379 e. The lowest BCUT2D eigenvalue weighted by Crippen LogP contribution is -2.47. The van der Waals surface area contributed by atoms with Crippen LogP contribution >= 0.6 is 0 Å². The molecular weight excluding hydrogens is 296 g/mol. The lowest BCUT2D eigenvalue weighted by atomic mass is 9.95. The standard InChI is InChI=1S/C17H32N2O4/c1-5-18(6-2)17(21)15-8-10-19(11-9-15)16(20)14(4)23-13-12-22-7-3/h14-15H,5-13H2,1-4H3/t14-/m1/s1. The number of amides is 2. The molecule has 6 nitrogen and oxygen atoms in total. The van der Waals surface area contributed by atoms with Crippen LogP contribution in [0.4, 0.5) is 0 Å². The van der Waals surface area contributed by atoms with Crippen LogP contribution in [0, 0.1) is 5.92 Å². The van der Waals surface area contributed by atoms with Crippen LogP contribution in [0.2, 0.25) is 0 Å². The van der Waals surface area contributed by atoms with E-state index in [1.165, 1.54) is 0 Å². The summed E-state index contributed by atoms with van der Waals surface area (Å²) in [5, 5.41) is 0. The number of piperidine rings is 1. The number of carbonyl (C=O) groups excluding carboxylic acids is 2. The molecule has 0 unspecified atom stereocenters. The third-order valence-electron chi connectivity index (χ3n) is 4.38. The molecule has 0 spiro atoms.